The van der Waals surface area contributed by atoms with Crippen molar-refractivity contribution < 1.29 is 5.11 Å². The summed E-state index contributed by atoms with van der Waals surface area (Å²) in [7, 11) is 0. The molecule has 0 saturated carbocycles. The lowest BCUT2D eigenvalue weighted by Crippen LogP contribution is -1.86. The molecule has 0 unspecified atom stereocenters. The third-order valence-electron chi connectivity index (χ3n) is 2.24. The van der Waals surface area contributed by atoms with Crippen LogP contribution < -0.4 is 0 Å². The molecule has 1 heterocycles. The number of rotatable bonds is 1. The van der Waals surface area contributed by atoms with Crippen LogP contribution in [0, 0.1) is 11.3 Å². The van der Waals surface area contributed by atoms with Gasteiger partial charge in [-0.25, -0.2) is 4.98 Å². The van der Waals surface area contributed by atoms with E-state index < -0.39 is 0 Å². The summed E-state index contributed by atoms with van der Waals surface area (Å²) in [5, 5.41) is 19.1. The van der Waals surface area contributed by atoms with E-state index in [0.717, 1.165) is 0 Å². The molecule has 2 rings (SSSR count). The normalized spacial score (nSPS) is 9.94. The van der Waals surface area contributed by atoms with Crippen molar-refractivity contribution >= 4 is 23.2 Å². The molecule has 1 N–H and O–H groups in total. The van der Waals surface area contributed by atoms with Gasteiger partial charge in [0.2, 0.25) is 0 Å². The summed E-state index contributed by atoms with van der Waals surface area (Å²) in [6.07, 6.45) is 1.48. The van der Waals surface area contributed by atoms with Gasteiger partial charge in [-0.1, -0.05) is 23.2 Å². The molecular weight excluding hydrogens is 259 g/mol. The van der Waals surface area contributed by atoms with Crippen molar-refractivity contribution in [1.29, 1.82) is 5.26 Å². The predicted molar refractivity (Wildman–Crippen MR) is 66.1 cm³/mol. The first-order chi connectivity index (χ1) is 8.13. The van der Waals surface area contributed by atoms with Crippen LogP contribution in [0.3, 0.4) is 0 Å². The topological polar surface area (TPSA) is 56.9 Å². The fraction of sp³-hybridized carbons (Fsp3) is 0. The predicted octanol–water partition coefficient (Wildman–Crippen LogP) is 3.63. The summed E-state index contributed by atoms with van der Waals surface area (Å²) in [6, 6.07) is 8.08. The Morgan fingerprint density at radius 1 is 1.24 bits per heavy atom. The van der Waals surface area contributed by atoms with Gasteiger partial charge in [-0.3, -0.25) is 0 Å². The number of hydrogen-bond donors (Lipinski definition) is 1. The van der Waals surface area contributed by atoms with Gasteiger partial charge >= 0.3 is 0 Å². The fourth-order valence-corrected chi connectivity index (χ4v) is 1.89. The first-order valence-corrected chi connectivity index (χ1v) is 5.42. The molecule has 0 atom stereocenters. The second kappa shape index (κ2) is 4.62. The van der Waals surface area contributed by atoms with E-state index >= 15 is 0 Å². The molecule has 0 aliphatic carbocycles. The summed E-state index contributed by atoms with van der Waals surface area (Å²) in [4.78, 5) is 3.85. The molecule has 3 nitrogen and oxygen atoms in total. The van der Waals surface area contributed by atoms with Crippen LogP contribution in [-0.2, 0) is 0 Å². The molecule has 0 amide bonds. The minimum absolute atomic E-state index is 0.00879. The SMILES string of the molecule is N#Cc1cc(-c2c(O)ccc(Cl)c2Cl)ccn1. The molecule has 5 heteroatoms. The summed E-state index contributed by atoms with van der Waals surface area (Å²) in [5.74, 6) is 0.00879. The van der Waals surface area contributed by atoms with Crippen LogP contribution in [0.4, 0.5) is 0 Å². The fourth-order valence-electron chi connectivity index (χ4n) is 1.46. The second-order valence-corrected chi connectivity index (χ2v) is 4.08. The highest BCUT2D eigenvalue weighted by molar-refractivity contribution is 6.44. The van der Waals surface area contributed by atoms with E-state index in [1.165, 1.54) is 24.4 Å². The van der Waals surface area contributed by atoms with Gasteiger partial charge in [-0.15, -0.1) is 0 Å². The van der Waals surface area contributed by atoms with Gasteiger partial charge in [0.1, 0.15) is 17.5 Å². The Morgan fingerprint density at radius 3 is 2.71 bits per heavy atom. The van der Waals surface area contributed by atoms with Crippen LogP contribution in [0.5, 0.6) is 5.75 Å². The smallest absolute Gasteiger partial charge is 0.141 e. The van der Waals surface area contributed by atoms with Crippen LogP contribution in [-0.4, -0.2) is 10.1 Å². The van der Waals surface area contributed by atoms with Crippen molar-refractivity contribution in [2.24, 2.45) is 0 Å². The monoisotopic (exact) mass is 264 g/mol. The van der Waals surface area contributed by atoms with E-state index in [1.54, 1.807) is 6.07 Å². The van der Waals surface area contributed by atoms with Crippen molar-refractivity contribution in [3.8, 4) is 22.9 Å². The highest BCUT2D eigenvalue weighted by Crippen LogP contribution is 2.39. The average Bonchev–Trinajstić information content (AvgIpc) is 2.35. The molecule has 17 heavy (non-hydrogen) atoms. The molecule has 0 aliphatic heterocycles. The summed E-state index contributed by atoms with van der Waals surface area (Å²) >= 11 is 11.9. The number of pyridine rings is 1. The van der Waals surface area contributed by atoms with E-state index in [0.29, 0.717) is 16.1 Å². The molecule has 0 radical (unpaired) electrons. The molecule has 0 bridgehead atoms. The zero-order valence-electron chi connectivity index (χ0n) is 8.48. The molecule has 0 aliphatic rings. The number of phenolic OH excluding ortho intramolecular Hbond substituents is 1. The quantitative estimate of drug-likeness (QED) is 0.856. The highest BCUT2D eigenvalue weighted by Gasteiger charge is 2.13. The Kier molecular flexibility index (Phi) is 3.19. The Morgan fingerprint density at radius 2 is 2.00 bits per heavy atom. The van der Waals surface area contributed by atoms with Crippen molar-refractivity contribution in [2.75, 3.05) is 0 Å². The largest absolute Gasteiger partial charge is 0.507 e. The van der Waals surface area contributed by atoms with Gasteiger partial charge in [0, 0.05) is 11.8 Å². The molecule has 0 saturated heterocycles. The van der Waals surface area contributed by atoms with E-state index in [1.807, 2.05) is 6.07 Å². The summed E-state index contributed by atoms with van der Waals surface area (Å²) in [5.41, 5.74) is 1.25. The van der Waals surface area contributed by atoms with Crippen LogP contribution >= 0.6 is 23.2 Å². The summed E-state index contributed by atoms with van der Waals surface area (Å²) < 4.78 is 0. The van der Waals surface area contributed by atoms with Gasteiger partial charge in [0.15, 0.2) is 0 Å². The number of benzene rings is 1. The number of phenols is 1. The molecule has 0 spiro atoms. The van der Waals surface area contributed by atoms with E-state index in [4.69, 9.17) is 28.5 Å². The molecule has 1 aromatic carbocycles. The van der Waals surface area contributed by atoms with Crippen molar-refractivity contribution in [3.05, 3.63) is 46.2 Å². The molecule has 0 fully saturated rings. The third-order valence-corrected chi connectivity index (χ3v) is 3.04. The molecule has 1 aromatic heterocycles. The Labute approximate surface area is 108 Å². The number of nitrogens with zero attached hydrogens (tertiary/aromatic N) is 2. The van der Waals surface area contributed by atoms with Crippen LogP contribution in [0.1, 0.15) is 5.69 Å². The van der Waals surface area contributed by atoms with Crippen LogP contribution in [0.25, 0.3) is 11.1 Å². The van der Waals surface area contributed by atoms with E-state index in [-0.39, 0.29) is 16.5 Å². The van der Waals surface area contributed by atoms with Gasteiger partial charge in [0.05, 0.1) is 10.0 Å². The minimum atomic E-state index is 0.00879. The Balaban J connectivity index is 2.68. The van der Waals surface area contributed by atoms with Crippen molar-refractivity contribution in [1.82, 2.24) is 4.98 Å². The maximum atomic E-state index is 9.79. The van der Waals surface area contributed by atoms with Crippen molar-refractivity contribution in [3.63, 3.8) is 0 Å². The van der Waals surface area contributed by atoms with Crippen LogP contribution in [0.2, 0.25) is 10.0 Å². The first kappa shape index (κ1) is 11.7. The number of aromatic nitrogens is 1. The molecule has 2 aromatic rings. The second-order valence-electron chi connectivity index (χ2n) is 3.30. The Hall–Kier alpha value is -1.76. The van der Waals surface area contributed by atoms with Gasteiger partial charge in [-0.05, 0) is 29.8 Å². The van der Waals surface area contributed by atoms with E-state index in [9.17, 15) is 5.11 Å². The van der Waals surface area contributed by atoms with E-state index in [2.05, 4.69) is 4.98 Å². The Bertz CT molecular complexity index is 620. The maximum Gasteiger partial charge on any atom is 0.141 e. The lowest BCUT2D eigenvalue weighted by atomic mass is 10.1. The maximum absolute atomic E-state index is 9.79. The first-order valence-electron chi connectivity index (χ1n) is 4.67. The van der Waals surface area contributed by atoms with Gasteiger partial charge in [-0.2, -0.15) is 5.26 Å². The lowest BCUT2D eigenvalue weighted by Gasteiger charge is -2.08. The zero-order valence-corrected chi connectivity index (χ0v) is 10.00. The third kappa shape index (κ3) is 2.19. The number of nitriles is 1. The number of halogens is 2. The zero-order chi connectivity index (χ0) is 12.4. The minimum Gasteiger partial charge on any atom is -0.507 e. The highest BCUT2D eigenvalue weighted by atomic mass is 35.5. The molecule has 84 valence electrons. The lowest BCUT2D eigenvalue weighted by molar-refractivity contribution is 0.477. The van der Waals surface area contributed by atoms with Gasteiger partial charge < -0.3 is 5.11 Å². The summed E-state index contributed by atoms with van der Waals surface area (Å²) in [6.45, 7) is 0. The number of aromatic hydroxyl groups is 1. The van der Waals surface area contributed by atoms with Crippen molar-refractivity contribution in [2.45, 2.75) is 0 Å². The van der Waals surface area contributed by atoms with Gasteiger partial charge in [0.25, 0.3) is 0 Å². The van der Waals surface area contributed by atoms with Crippen LogP contribution in [0.15, 0.2) is 30.5 Å². The number of hydrogen-bond acceptors (Lipinski definition) is 3. The molecular formula is C12H6Cl2N2O. The average molecular weight is 265 g/mol. The standard InChI is InChI=1S/C12H6Cl2N2O/c13-9-1-2-10(17)11(12(9)14)7-3-4-16-8(5-7)6-15/h1-5,17H.